The fraction of sp³-hybridized carbons (Fsp3) is 0.455. The Hall–Kier alpha value is -1.69. The number of halogens is 1. The number of fused-ring (bicyclic) bond motifs is 3. The number of hydrogen-bond donors (Lipinski definition) is 1. The molecule has 1 aromatic carbocycles. The topological polar surface area (TPSA) is 45.2 Å². The summed E-state index contributed by atoms with van der Waals surface area (Å²) in [7, 11) is 0. The van der Waals surface area contributed by atoms with E-state index in [0.717, 1.165) is 59.9 Å². The van der Waals surface area contributed by atoms with Crippen LogP contribution in [-0.2, 0) is 0 Å². The normalized spacial score (nSPS) is 11.6. The molecule has 4 nitrogen and oxygen atoms in total. The van der Waals surface area contributed by atoms with Gasteiger partial charge in [0.05, 0.1) is 10.4 Å². The maximum Gasteiger partial charge on any atom is 0.261 e. The molecule has 0 aliphatic rings. The highest BCUT2D eigenvalue weighted by Gasteiger charge is 2.15. The van der Waals surface area contributed by atoms with Crippen molar-refractivity contribution in [3.8, 4) is 0 Å². The Balaban J connectivity index is 1.69. The van der Waals surface area contributed by atoms with E-state index in [0.29, 0.717) is 16.6 Å². The third kappa shape index (κ3) is 4.83. The van der Waals surface area contributed by atoms with E-state index in [1.807, 2.05) is 18.2 Å². The number of amides is 1. The summed E-state index contributed by atoms with van der Waals surface area (Å²) in [6.45, 7) is 10.4. The summed E-state index contributed by atoms with van der Waals surface area (Å²) in [5.41, 5.74) is 2.03. The molecule has 150 valence electrons. The molecule has 0 saturated carbocycles. The van der Waals surface area contributed by atoms with E-state index < -0.39 is 0 Å². The van der Waals surface area contributed by atoms with Crippen LogP contribution in [0.4, 0.5) is 0 Å². The molecule has 0 unspecified atom stereocenters. The highest BCUT2D eigenvalue weighted by atomic mass is 35.5. The lowest BCUT2D eigenvalue weighted by Crippen LogP contribution is -2.30. The maximum atomic E-state index is 12.6. The SMILES string of the molecule is CCCN(CCC)CCCNC(=O)c1cc2c(Cl)nc3ccc(C)cc3c2s1. The molecule has 1 N–H and O–H groups in total. The molecule has 28 heavy (non-hydrogen) atoms. The van der Waals surface area contributed by atoms with Gasteiger partial charge in [-0.05, 0) is 64.0 Å². The predicted octanol–water partition coefficient (Wildman–Crippen LogP) is 5.65. The van der Waals surface area contributed by atoms with Gasteiger partial charge in [-0.2, -0.15) is 0 Å². The van der Waals surface area contributed by atoms with Gasteiger partial charge >= 0.3 is 0 Å². The van der Waals surface area contributed by atoms with Crippen LogP contribution in [0.25, 0.3) is 21.0 Å². The molecule has 3 rings (SSSR count). The minimum atomic E-state index is -0.0318. The molecule has 0 saturated heterocycles. The first kappa shape index (κ1) is 21.0. The number of aromatic nitrogens is 1. The number of aryl methyl sites for hydroxylation is 1. The molecule has 2 aromatic heterocycles. The molecule has 0 spiro atoms. The smallest absolute Gasteiger partial charge is 0.261 e. The lowest BCUT2D eigenvalue weighted by molar-refractivity contribution is 0.0955. The zero-order valence-electron chi connectivity index (χ0n) is 16.8. The monoisotopic (exact) mass is 417 g/mol. The molecule has 3 aromatic rings. The molecule has 0 fully saturated rings. The fourth-order valence-electron chi connectivity index (χ4n) is 3.51. The minimum Gasteiger partial charge on any atom is -0.351 e. The second kappa shape index (κ2) is 9.68. The summed E-state index contributed by atoms with van der Waals surface area (Å²) < 4.78 is 1.03. The number of nitrogens with one attached hydrogen (secondary N) is 1. The number of carbonyl (C=O) groups is 1. The van der Waals surface area contributed by atoms with E-state index in [2.05, 4.69) is 42.0 Å². The average Bonchev–Trinajstić information content (AvgIpc) is 3.12. The van der Waals surface area contributed by atoms with Crippen LogP contribution in [0.2, 0.25) is 5.15 Å². The van der Waals surface area contributed by atoms with Crippen molar-refractivity contribution in [3.05, 3.63) is 39.9 Å². The van der Waals surface area contributed by atoms with Crippen LogP contribution < -0.4 is 5.32 Å². The summed E-state index contributed by atoms with van der Waals surface area (Å²) in [5, 5.41) is 5.42. The van der Waals surface area contributed by atoms with Gasteiger partial charge in [-0.3, -0.25) is 4.79 Å². The molecule has 0 aliphatic heterocycles. The van der Waals surface area contributed by atoms with Crippen LogP contribution in [0.3, 0.4) is 0 Å². The van der Waals surface area contributed by atoms with E-state index in [1.54, 1.807) is 0 Å². The first-order valence-electron chi connectivity index (χ1n) is 10.0. The van der Waals surface area contributed by atoms with Gasteiger partial charge < -0.3 is 10.2 Å². The molecule has 0 atom stereocenters. The lowest BCUT2D eigenvalue weighted by atomic mass is 10.1. The van der Waals surface area contributed by atoms with E-state index in [9.17, 15) is 4.79 Å². The Morgan fingerprint density at radius 1 is 1.14 bits per heavy atom. The van der Waals surface area contributed by atoms with Gasteiger partial charge in [0.25, 0.3) is 5.91 Å². The van der Waals surface area contributed by atoms with Crippen LogP contribution in [0.15, 0.2) is 24.3 Å². The van der Waals surface area contributed by atoms with Gasteiger partial charge in [0.1, 0.15) is 5.15 Å². The second-order valence-electron chi connectivity index (χ2n) is 7.23. The van der Waals surface area contributed by atoms with Crippen LogP contribution in [0.1, 0.15) is 48.3 Å². The van der Waals surface area contributed by atoms with Crippen molar-refractivity contribution in [3.63, 3.8) is 0 Å². The molecule has 6 heteroatoms. The summed E-state index contributed by atoms with van der Waals surface area (Å²) >= 11 is 7.86. The van der Waals surface area contributed by atoms with Gasteiger partial charge in [-0.25, -0.2) is 4.98 Å². The molecule has 0 radical (unpaired) electrons. The van der Waals surface area contributed by atoms with Crippen molar-refractivity contribution in [1.82, 2.24) is 15.2 Å². The molecular formula is C22H28ClN3OS. The zero-order valence-corrected chi connectivity index (χ0v) is 18.4. The van der Waals surface area contributed by atoms with Gasteiger partial charge in [-0.1, -0.05) is 37.1 Å². The van der Waals surface area contributed by atoms with E-state index in [4.69, 9.17) is 11.6 Å². The maximum absolute atomic E-state index is 12.6. The van der Waals surface area contributed by atoms with E-state index in [-0.39, 0.29) is 5.91 Å². The summed E-state index contributed by atoms with van der Waals surface area (Å²) in [6, 6.07) is 7.98. The van der Waals surface area contributed by atoms with Gasteiger partial charge in [-0.15, -0.1) is 11.3 Å². The quantitative estimate of drug-likeness (QED) is 0.361. The molecule has 1 amide bonds. The molecule has 2 heterocycles. The summed E-state index contributed by atoms with van der Waals surface area (Å²) in [5.74, 6) is -0.0318. The zero-order chi connectivity index (χ0) is 20.1. The third-order valence-corrected chi connectivity index (χ3v) is 6.26. The van der Waals surface area contributed by atoms with Gasteiger partial charge in [0.2, 0.25) is 0 Å². The number of rotatable bonds is 9. The standard InChI is InChI=1S/C22H28ClN3OS/c1-4-10-26(11-5-2)12-6-9-24-22(27)19-14-17-20(28-19)16-13-15(3)7-8-18(16)25-21(17)23/h7-8,13-14H,4-6,9-12H2,1-3H3,(H,24,27). The Kier molecular flexibility index (Phi) is 7.27. The fourth-order valence-corrected chi connectivity index (χ4v) is 4.91. The number of pyridine rings is 1. The van der Waals surface area contributed by atoms with Gasteiger partial charge in [0.15, 0.2) is 0 Å². The highest BCUT2D eigenvalue weighted by Crippen LogP contribution is 2.36. The molecule has 0 bridgehead atoms. The van der Waals surface area contributed by atoms with Crippen molar-refractivity contribution in [2.45, 2.75) is 40.0 Å². The van der Waals surface area contributed by atoms with Crippen molar-refractivity contribution in [1.29, 1.82) is 0 Å². The van der Waals surface area contributed by atoms with Crippen LogP contribution in [-0.4, -0.2) is 42.0 Å². The van der Waals surface area contributed by atoms with Crippen LogP contribution in [0.5, 0.6) is 0 Å². The second-order valence-corrected chi connectivity index (χ2v) is 8.64. The lowest BCUT2D eigenvalue weighted by Gasteiger charge is -2.20. The molecule has 0 aliphatic carbocycles. The third-order valence-electron chi connectivity index (χ3n) is 4.81. The summed E-state index contributed by atoms with van der Waals surface area (Å²) in [4.78, 5) is 20.3. The average molecular weight is 418 g/mol. The number of benzene rings is 1. The molecular weight excluding hydrogens is 390 g/mol. The first-order valence-corrected chi connectivity index (χ1v) is 11.2. The van der Waals surface area contributed by atoms with E-state index >= 15 is 0 Å². The Labute approximate surface area is 175 Å². The number of carbonyl (C=O) groups excluding carboxylic acids is 1. The van der Waals surface area contributed by atoms with Crippen molar-refractivity contribution in [2.24, 2.45) is 0 Å². The van der Waals surface area contributed by atoms with Crippen LogP contribution in [0, 0.1) is 6.92 Å². The van der Waals surface area contributed by atoms with Crippen LogP contribution >= 0.6 is 22.9 Å². The highest BCUT2D eigenvalue weighted by molar-refractivity contribution is 7.21. The van der Waals surface area contributed by atoms with Crippen molar-refractivity contribution < 1.29 is 4.79 Å². The predicted molar refractivity (Wildman–Crippen MR) is 121 cm³/mol. The van der Waals surface area contributed by atoms with Crippen molar-refractivity contribution >= 4 is 49.8 Å². The number of nitrogens with zero attached hydrogens (tertiary/aromatic N) is 2. The first-order chi connectivity index (χ1) is 13.5. The number of thiophene rings is 1. The number of hydrogen-bond acceptors (Lipinski definition) is 4. The Bertz CT molecular complexity index is 963. The van der Waals surface area contributed by atoms with Crippen molar-refractivity contribution in [2.75, 3.05) is 26.2 Å². The largest absolute Gasteiger partial charge is 0.351 e. The minimum absolute atomic E-state index is 0.0318. The summed E-state index contributed by atoms with van der Waals surface area (Å²) in [6.07, 6.45) is 3.29. The van der Waals surface area contributed by atoms with Gasteiger partial charge in [0, 0.05) is 22.0 Å². The van der Waals surface area contributed by atoms with E-state index in [1.165, 1.54) is 16.9 Å². The Morgan fingerprint density at radius 3 is 2.61 bits per heavy atom. The Morgan fingerprint density at radius 2 is 1.89 bits per heavy atom.